The minimum atomic E-state index is -4.45. The predicted molar refractivity (Wildman–Crippen MR) is 75.8 cm³/mol. The number of nitrogens with two attached hydrogens (primary N) is 1. The fraction of sp³-hybridized carbons (Fsp3) is 0.154. The molecule has 1 heterocycles. The first-order valence-corrected chi connectivity index (χ1v) is 6.42. The van der Waals surface area contributed by atoms with Gasteiger partial charge in [0.2, 0.25) is 0 Å². The number of anilines is 3. The highest BCUT2D eigenvalue weighted by Gasteiger charge is 2.31. The number of hydrogen-bond acceptors (Lipinski definition) is 3. The Kier molecular flexibility index (Phi) is 3.89. The van der Waals surface area contributed by atoms with Gasteiger partial charge in [-0.3, -0.25) is 0 Å². The zero-order chi connectivity index (χ0) is 14.9. The van der Waals surface area contributed by atoms with E-state index in [1.165, 1.54) is 0 Å². The Morgan fingerprint density at radius 2 is 1.95 bits per heavy atom. The summed E-state index contributed by atoms with van der Waals surface area (Å²) in [5.41, 5.74) is 6.51. The van der Waals surface area contributed by atoms with Crippen molar-refractivity contribution in [2.45, 2.75) is 13.1 Å². The number of halogens is 4. The van der Waals surface area contributed by atoms with E-state index >= 15 is 0 Å². The van der Waals surface area contributed by atoms with Gasteiger partial charge in [-0.1, -0.05) is 22.0 Å². The van der Waals surface area contributed by atoms with Gasteiger partial charge in [0.25, 0.3) is 0 Å². The Bertz CT molecular complexity index is 641. The van der Waals surface area contributed by atoms with Crippen molar-refractivity contribution in [1.82, 2.24) is 4.98 Å². The molecule has 0 aliphatic rings. The fourth-order valence-electron chi connectivity index (χ4n) is 1.56. The number of hydrogen-bond donors (Lipinski definition) is 2. The number of nitrogens with zero attached hydrogens (tertiary/aromatic N) is 1. The zero-order valence-corrected chi connectivity index (χ0v) is 12.0. The second-order valence-electron chi connectivity index (χ2n) is 4.24. The molecule has 0 aliphatic heterocycles. The van der Waals surface area contributed by atoms with E-state index in [0.717, 1.165) is 16.1 Å². The van der Waals surface area contributed by atoms with Crippen LogP contribution in [0.25, 0.3) is 0 Å². The molecule has 1 aromatic heterocycles. The van der Waals surface area contributed by atoms with Crippen molar-refractivity contribution in [2.75, 3.05) is 11.1 Å². The van der Waals surface area contributed by atoms with Gasteiger partial charge in [0.15, 0.2) is 0 Å². The maximum atomic E-state index is 12.6. The van der Waals surface area contributed by atoms with Gasteiger partial charge >= 0.3 is 6.18 Å². The highest BCUT2D eigenvalue weighted by molar-refractivity contribution is 9.10. The summed E-state index contributed by atoms with van der Waals surface area (Å²) >= 11 is 3.36. The summed E-state index contributed by atoms with van der Waals surface area (Å²) in [7, 11) is 0. The minimum absolute atomic E-state index is 0.00898. The summed E-state index contributed by atoms with van der Waals surface area (Å²) < 4.78 is 38.8. The summed E-state index contributed by atoms with van der Waals surface area (Å²) in [6.45, 7) is 1.91. The molecule has 0 bridgehead atoms. The second kappa shape index (κ2) is 5.32. The van der Waals surface area contributed by atoms with Gasteiger partial charge in [-0.25, -0.2) is 4.98 Å². The van der Waals surface area contributed by atoms with Crippen LogP contribution in [0, 0.1) is 6.92 Å². The molecular formula is C13H11BrF3N3. The van der Waals surface area contributed by atoms with Gasteiger partial charge in [-0.15, -0.1) is 0 Å². The van der Waals surface area contributed by atoms with Crippen LogP contribution < -0.4 is 11.1 Å². The third-order valence-corrected chi connectivity index (χ3v) is 3.55. The van der Waals surface area contributed by atoms with Gasteiger partial charge in [0, 0.05) is 16.4 Å². The van der Waals surface area contributed by atoms with E-state index in [1.807, 2.05) is 13.0 Å². The van der Waals surface area contributed by atoms with Crippen LogP contribution in [0.2, 0.25) is 0 Å². The van der Waals surface area contributed by atoms with Crippen LogP contribution in [0.1, 0.15) is 11.1 Å². The lowest BCUT2D eigenvalue weighted by molar-refractivity contribution is -0.137. The molecule has 0 amide bonds. The monoisotopic (exact) mass is 345 g/mol. The second-order valence-corrected chi connectivity index (χ2v) is 5.10. The normalized spacial score (nSPS) is 11.4. The van der Waals surface area contributed by atoms with E-state index in [9.17, 15) is 13.2 Å². The first kappa shape index (κ1) is 14.6. The molecular weight excluding hydrogens is 335 g/mol. The molecule has 0 saturated heterocycles. The Hall–Kier alpha value is -1.76. The molecule has 0 radical (unpaired) electrons. The van der Waals surface area contributed by atoms with Crippen LogP contribution in [-0.4, -0.2) is 4.98 Å². The number of rotatable bonds is 2. The van der Waals surface area contributed by atoms with E-state index in [2.05, 4.69) is 26.2 Å². The number of pyridine rings is 1. The van der Waals surface area contributed by atoms with Gasteiger partial charge in [0.05, 0.1) is 11.3 Å². The van der Waals surface area contributed by atoms with Crippen molar-refractivity contribution in [3.05, 3.63) is 46.1 Å². The molecule has 1 aromatic carbocycles. The van der Waals surface area contributed by atoms with Crippen LogP contribution in [0.4, 0.5) is 30.4 Å². The maximum Gasteiger partial charge on any atom is 0.417 e. The molecule has 7 heteroatoms. The summed E-state index contributed by atoms with van der Waals surface area (Å²) in [5, 5.41) is 2.84. The smallest absolute Gasteiger partial charge is 0.382 e. The van der Waals surface area contributed by atoms with Crippen molar-refractivity contribution in [2.24, 2.45) is 0 Å². The van der Waals surface area contributed by atoms with Crippen molar-refractivity contribution >= 4 is 33.1 Å². The predicted octanol–water partition coefficient (Wildman–Crippen LogP) is 4.50. The number of nitrogen functional groups attached to an aromatic ring is 1. The number of alkyl halides is 3. The highest BCUT2D eigenvalue weighted by atomic mass is 79.9. The first-order valence-electron chi connectivity index (χ1n) is 5.63. The molecule has 0 aliphatic carbocycles. The topological polar surface area (TPSA) is 50.9 Å². The van der Waals surface area contributed by atoms with Crippen LogP contribution in [0.15, 0.2) is 34.9 Å². The molecule has 3 nitrogen and oxygen atoms in total. The quantitative estimate of drug-likeness (QED) is 0.842. The Morgan fingerprint density at radius 1 is 1.25 bits per heavy atom. The SMILES string of the molecule is Cc1ccc(Nc2cc(C(F)(F)F)cnc2N)cc1Br. The van der Waals surface area contributed by atoms with E-state index in [1.54, 1.807) is 12.1 Å². The lowest BCUT2D eigenvalue weighted by atomic mass is 10.2. The summed E-state index contributed by atoms with van der Waals surface area (Å²) in [5.74, 6) is 0.00898. The number of aromatic nitrogens is 1. The molecule has 0 unspecified atom stereocenters. The van der Waals surface area contributed by atoms with Crippen LogP contribution in [-0.2, 0) is 6.18 Å². The van der Waals surface area contributed by atoms with Crippen molar-refractivity contribution in [3.63, 3.8) is 0 Å². The largest absolute Gasteiger partial charge is 0.417 e. The maximum absolute atomic E-state index is 12.6. The van der Waals surface area contributed by atoms with E-state index < -0.39 is 11.7 Å². The standard InChI is InChI=1S/C13H11BrF3N3/c1-7-2-3-9(5-10(7)14)20-11-4-8(13(15,16)17)6-19-12(11)18/h2-6,20H,1H3,(H2,18,19). The van der Waals surface area contributed by atoms with Crippen molar-refractivity contribution < 1.29 is 13.2 Å². The Morgan fingerprint density at radius 3 is 2.55 bits per heavy atom. The average molecular weight is 346 g/mol. The minimum Gasteiger partial charge on any atom is -0.382 e. The molecule has 2 rings (SSSR count). The van der Waals surface area contributed by atoms with Gasteiger partial charge in [0.1, 0.15) is 5.82 Å². The Balaban J connectivity index is 2.35. The zero-order valence-electron chi connectivity index (χ0n) is 10.4. The number of aryl methyl sites for hydroxylation is 1. The lowest BCUT2D eigenvalue weighted by Gasteiger charge is -2.13. The summed E-state index contributed by atoms with van der Waals surface area (Å²) in [6, 6.07) is 6.29. The molecule has 0 fully saturated rings. The van der Waals surface area contributed by atoms with E-state index in [4.69, 9.17) is 5.73 Å². The molecule has 0 atom stereocenters. The third kappa shape index (κ3) is 3.22. The number of nitrogens with one attached hydrogen (secondary N) is 1. The highest BCUT2D eigenvalue weighted by Crippen LogP contribution is 2.33. The van der Waals surface area contributed by atoms with Crippen LogP contribution >= 0.6 is 15.9 Å². The lowest BCUT2D eigenvalue weighted by Crippen LogP contribution is -2.08. The molecule has 2 aromatic rings. The summed E-state index contributed by atoms with van der Waals surface area (Å²) in [4.78, 5) is 3.57. The first-order chi connectivity index (χ1) is 9.27. The number of benzene rings is 1. The van der Waals surface area contributed by atoms with Gasteiger partial charge in [-0.05, 0) is 30.7 Å². The van der Waals surface area contributed by atoms with Crippen LogP contribution in [0.3, 0.4) is 0 Å². The fourth-order valence-corrected chi connectivity index (χ4v) is 1.94. The van der Waals surface area contributed by atoms with Gasteiger partial charge < -0.3 is 11.1 Å². The summed E-state index contributed by atoms with van der Waals surface area (Å²) in [6.07, 6.45) is -3.74. The van der Waals surface area contributed by atoms with Gasteiger partial charge in [-0.2, -0.15) is 13.2 Å². The molecule has 3 N–H and O–H groups in total. The van der Waals surface area contributed by atoms with E-state index in [0.29, 0.717) is 11.9 Å². The van der Waals surface area contributed by atoms with Crippen molar-refractivity contribution in [1.29, 1.82) is 0 Å². The molecule has 106 valence electrons. The molecule has 0 spiro atoms. The van der Waals surface area contributed by atoms with E-state index in [-0.39, 0.29) is 11.5 Å². The van der Waals surface area contributed by atoms with Crippen molar-refractivity contribution in [3.8, 4) is 0 Å². The average Bonchev–Trinajstić information content (AvgIpc) is 2.35. The third-order valence-electron chi connectivity index (χ3n) is 2.70. The molecule has 0 saturated carbocycles. The van der Waals surface area contributed by atoms with Crippen LogP contribution in [0.5, 0.6) is 0 Å². The molecule has 20 heavy (non-hydrogen) atoms. The Labute approximate surface area is 122 Å².